The Bertz CT molecular complexity index is 1020. The number of carboxylic acids is 2. The van der Waals surface area contributed by atoms with Gasteiger partial charge in [-0.25, -0.2) is 9.48 Å². The molecule has 0 aromatic carbocycles. The number of ether oxygens (including phenoxy) is 1. The van der Waals surface area contributed by atoms with Gasteiger partial charge >= 0.3 is 41.5 Å². The number of carbonyl (C=O) groups is 4. The van der Waals surface area contributed by atoms with Crippen LogP contribution < -0.4 is 40.6 Å². The van der Waals surface area contributed by atoms with Gasteiger partial charge in [0.25, 0.3) is 11.6 Å². The van der Waals surface area contributed by atoms with Gasteiger partial charge < -0.3 is 27.4 Å². The van der Waals surface area contributed by atoms with E-state index in [1.165, 1.54) is 35.3 Å². The molecule has 5 N–H and O–H groups in total. The zero-order valence-corrected chi connectivity index (χ0v) is 22.9. The Morgan fingerprint density at radius 3 is 2.71 bits per heavy atom. The number of carbonyl (C=O) groups excluding carboxylic acids is 2. The quantitative estimate of drug-likeness (QED) is 0.0896. The van der Waals surface area contributed by atoms with E-state index in [-0.39, 0.29) is 59.7 Å². The van der Waals surface area contributed by atoms with Crippen LogP contribution in [0.1, 0.15) is 1.43 Å². The number of hydrogen-bond donors (Lipinski definition) is 4. The summed E-state index contributed by atoms with van der Waals surface area (Å²) in [4.78, 5) is 49.3. The molecule has 0 saturated carbocycles. The van der Waals surface area contributed by atoms with Crippen LogP contribution in [-0.4, -0.2) is 106 Å². The predicted molar refractivity (Wildman–Crippen MR) is 119 cm³/mol. The van der Waals surface area contributed by atoms with Gasteiger partial charge in [-0.3, -0.25) is 19.3 Å². The van der Waals surface area contributed by atoms with Crippen molar-refractivity contribution in [1.82, 2.24) is 30.4 Å². The van der Waals surface area contributed by atoms with Crippen molar-refractivity contribution in [3.63, 3.8) is 0 Å². The maximum Gasteiger partial charge on any atom is 1.00 e. The molecule has 14 nitrogen and oxygen atoms in total. The Labute approximate surface area is 229 Å². The number of aryl methyl sites for hydroxylation is 1. The third-order valence-corrected chi connectivity index (χ3v) is 8.30. The fourth-order valence-electron chi connectivity index (χ4n) is 3.14. The van der Waals surface area contributed by atoms with E-state index in [1.54, 1.807) is 7.05 Å². The van der Waals surface area contributed by atoms with Crippen LogP contribution in [0.2, 0.25) is 0 Å². The average Bonchev–Trinajstić information content (AvgIpc) is 3.19. The molecule has 1 fully saturated rings. The van der Waals surface area contributed by atoms with Gasteiger partial charge in [-0.2, -0.15) is 0 Å². The van der Waals surface area contributed by atoms with E-state index in [1.807, 2.05) is 0 Å². The number of nitrogens with zero attached hydrogens (tertiary/aromatic N) is 5. The number of nitrogens with two attached hydrogens (primary N) is 1. The summed E-state index contributed by atoms with van der Waals surface area (Å²) in [5, 5.41) is 31.9. The molecule has 182 valence electrons. The number of amides is 2. The first-order valence-corrected chi connectivity index (χ1v) is 12.5. The average molecular weight is 544 g/mol. The largest absolute Gasteiger partial charge is 1.00 e. The normalized spacial score (nSPS) is 22.4. The van der Waals surface area contributed by atoms with Crippen LogP contribution in [0.5, 0.6) is 0 Å². The van der Waals surface area contributed by atoms with Crippen LogP contribution >= 0.6 is 35.3 Å². The molecule has 2 aliphatic rings. The molecule has 0 radical (unpaired) electrons. The number of nitrogens with one attached hydrogen (secondary N) is 1. The summed E-state index contributed by atoms with van der Waals surface area (Å²) in [7, 11) is 2.91. The van der Waals surface area contributed by atoms with Crippen LogP contribution in [0.4, 0.5) is 0 Å². The number of carboxylic acid groups (broad SMARTS) is 2. The fraction of sp³-hybridized carbons (Fsp3) is 0.562. The molecule has 3 heterocycles. The van der Waals surface area contributed by atoms with Crippen LogP contribution in [0.3, 0.4) is 0 Å². The minimum Gasteiger partial charge on any atom is -1.00 e. The van der Waals surface area contributed by atoms with Crippen molar-refractivity contribution in [2.75, 3.05) is 30.1 Å². The molecule has 1 unspecified atom stereocenters. The number of aliphatic carboxylic acids is 2. The number of β-lactam (4-membered cyclic amide) rings is 1. The van der Waals surface area contributed by atoms with Crippen molar-refractivity contribution in [3.05, 3.63) is 11.3 Å². The van der Waals surface area contributed by atoms with Crippen molar-refractivity contribution < 1.29 is 65.1 Å². The number of hydrogen-bond acceptors (Lipinski definition) is 12. The predicted octanol–water partition coefficient (Wildman–Crippen LogP) is -4.72. The molecule has 0 spiro atoms. The second-order valence-electron chi connectivity index (χ2n) is 6.92. The van der Waals surface area contributed by atoms with Crippen LogP contribution in [0, 0.1) is 0 Å². The van der Waals surface area contributed by atoms with E-state index < -0.39 is 40.9 Å². The number of rotatable bonds is 11. The summed E-state index contributed by atoms with van der Waals surface area (Å²) in [5.41, 5.74) is 4.05. The summed E-state index contributed by atoms with van der Waals surface area (Å²) >= 11 is 3.50. The van der Waals surface area contributed by atoms with E-state index in [9.17, 15) is 24.3 Å². The standard InChI is InChI=1S/C16H21N7O7S3.Na.H/c1-22-15(19-20-21-22)33-4-7-3-32-14-16(30-2,13(29)23(14)10(7)12(27)28)18-9(24)6-31-5-8(17)11(25)26;;/h8,14H,3-6,17H2,1-2H3,(H,18,24)(H,25,26)(H,27,28);;/q;+1;-1/t8?,14-,16+;;/m1../s1. The van der Waals surface area contributed by atoms with E-state index in [0.29, 0.717) is 10.7 Å². The van der Waals surface area contributed by atoms with Crippen LogP contribution in [0.25, 0.3) is 0 Å². The SMILES string of the molecule is CO[C@@]1(NC(=O)CSCC(N)C(=O)O)C(=O)N2C(C(=O)O)=C(CSc3nnnn3C)CS[C@@H]21.[H-].[Na+]. The van der Waals surface area contributed by atoms with E-state index in [4.69, 9.17) is 15.6 Å². The minimum atomic E-state index is -1.72. The number of aromatic nitrogens is 4. The Balaban J connectivity index is 0.00000306. The van der Waals surface area contributed by atoms with Gasteiger partial charge in [0.05, 0.1) is 5.75 Å². The molecule has 18 heteroatoms. The van der Waals surface area contributed by atoms with Gasteiger partial charge in [0, 0.05) is 31.4 Å². The first-order valence-electron chi connectivity index (χ1n) is 9.30. The van der Waals surface area contributed by atoms with Crippen molar-refractivity contribution >= 4 is 59.0 Å². The summed E-state index contributed by atoms with van der Waals surface area (Å²) in [5.74, 6) is -3.32. The van der Waals surface area contributed by atoms with Crippen molar-refractivity contribution in [3.8, 4) is 0 Å². The Hall–Kier alpha value is -1.34. The molecule has 1 saturated heterocycles. The second-order valence-corrected chi connectivity index (χ2v) is 9.96. The zero-order chi connectivity index (χ0) is 24.3. The monoisotopic (exact) mass is 543 g/mol. The summed E-state index contributed by atoms with van der Waals surface area (Å²) in [6.45, 7) is 0. The van der Waals surface area contributed by atoms with Crippen LogP contribution in [0.15, 0.2) is 16.4 Å². The molecule has 2 amide bonds. The van der Waals surface area contributed by atoms with E-state index >= 15 is 0 Å². The molecule has 3 atom stereocenters. The summed E-state index contributed by atoms with van der Waals surface area (Å²) in [6.07, 6.45) is 0. The number of tetrazole rings is 1. The molecule has 34 heavy (non-hydrogen) atoms. The molecule has 2 aliphatic heterocycles. The van der Waals surface area contributed by atoms with Crippen molar-refractivity contribution in [1.29, 1.82) is 0 Å². The Kier molecular flexibility index (Phi) is 10.3. The molecular weight excluding hydrogens is 521 g/mol. The van der Waals surface area contributed by atoms with E-state index in [2.05, 4.69) is 20.8 Å². The van der Waals surface area contributed by atoms with Crippen molar-refractivity contribution in [2.45, 2.75) is 22.3 Å². The maximum absolute atomic E-state index is 13.0. The Morgan fingerprint density at radius 2 is 2.15 bits per heavy atom. The molecule has 1 aromatic heterocycles. The second kappa shape index (κ2) is 12.1. The van der Waals surface area contributed by atoms with Gasteiger partial charge in [-0.1, -0.05) is 11.8 Å². The fourth-order valence-corrected chi connectivity index (χ4v) is 6.34. The molecule has 0 aliphatic carbocycles. The number of thioether (sulfide) groups is 3. The third-order valence-electron chi connectivity index (χ3n) is 4.76. The van der Waals surface area contributed by atoms with Gasteiger partial charge in [-0.05, 0) is 16.0 Å². The van der Waals surface area contributed by atoms with Crippen LogP contribution in [-0.2, 0) is 31.0 Å². The number of methoxy groups -OCH3 is 1. The van der Waals surface area contributed by atoms with Crippen molar-refractivity contribution in [2.24, 2.45) is 12.8 Å². The Morgan fingerprint density at radius 1 is 1.44 bits per heavy atom. The maximum atomic E-state index is 13.0. The first kappa shape index (κ1) is 28.9. The smallest absolute Gasteiger partial charge is 1.00 e. The molecule has 3 rings (SSSR count). The molecular formula is C16H22N7NaO7S3. The van der Waals surface area contributed by atoms with Gasteiger partial charge in [0.15, 0.2) is 0 Å². The van der Waals surface area contributed by atoms with E-state index in [0.717, 1.165) is 16.7 Å². The minimum absolute atomic E-state index is 0. The summed E-state index contributed by atoms with van der Waals surface area (Å²) < 4.78 is 6.82. The first-order chi connectivity index (χ1) is 15.6. The zero-order valence-electron chi connectivity index (χ0n) is 19.5. The molecule has 1 aromatic rings. The summed E-state index contributed by atoms with van der Waals surface area (Å²) in [6, 6.07) is -1.12. The number of fused-ring (bicyclic) bond motifs is 1. The van der Waals surface area contributed by atoms with Gasteiger partial charge in [0.2, 0.25) is 11.1 Å². The topological polar surface area (TPSA) is 203 Å². The third kappa shape index (κ3) is 5.72. The molecule has 0 bridgehead atoms. The van der Waals surface area contributed by atoms with Gasteiger partial charge in [-0.15, -0.1) is 28.6 Å². The van der Waals surface area contributed by atoms with Gasteiger partial charge in [0.1, 0.15) is 17.1 Å².